The number of rotatable bonds is 3. The van der Waals surface area contributed by atoms with E-state index in [0.29, 0.717) is 6.54 Å². The molecule has 1 aliphatic carbocycles. The van der Waals surface area contributed by atoms with Crippen LogP contribution in [0.5, 0.6) is 0 Å². The van der Waals surface area contributed by atoms with Crippen LogP contribution in [-0.4, -0.2) is 41.0 Å². The summed E-state index contributed by atoms with van der Waals surface area (Å²) in [7, 11) is 0. The van der Waals surface area contributed by atoms with Gasteiger partial charge < -0.3 is 15.5 Å². The van der Waals surface area contributed by atoms with Crippen molar-refractivity contribution in [2.45, 2.75) is 32.7 Å². The van der Waals surface area contributed by atoms with Gasteiger partial charge in [0.25, 0.3) is 0 Å². The van der Waals surface area contributed by atoms with Crippen molar-refractivity contribution in [3.8, 4) is 0 Å². The minimum Gasteiger partial charge on any atom is -0.336 e. The van der Waals surface area contributed by atoms with Crippen LogP contribution in [0.1, 0.15) is 26.7 Å². The molecular formula is C16H22N4O2. The highest BCUT2D eigenvalue weighted by molar-refractivity contribution is 5.95. The van der Waals surface area contributed by atoms with Gasteiger partial charge in [-0.25, -0.2) is 4.79 Å². The zero-order valence-corrected chi connectivity index (χ0v) is 13.0. The Kier molecular flexibility index (Phi) is 3.76. The van der Waals surface area contributed by atoms with Crippen LogP contribution in [0.3, 0.4) is 0 Å². The standard InChI is InChI=1S/C16H22N4O2/c1-11(2)18-15(22)20-7-5-16(10-20)8-13(16)14(21)19-12-4-3-6-17-9-12/h3-4,6,9,11,13H,5,7-8,10H2,1-2H3,(H,18,22)(H,19,21)/t13-,16+/m1/s1. The van der Waals surface area contributed by atoms with Crippen molar-refractivity contribution in [2.75, 3.05) is 18.4 Å². The van der Waals surface area contributed by atoms with E-state index in [1.54, 1.807) is 18.5 Å². The van der Waals surface area contributed by atoms with Crippen molar-refractivity contribution in [3.63, 3.8) is 0 Å². The van der Waals surface area contributed by atoms with Crippen LogP contribution in [0.2, 0.25) is 0 Å². The quantitative estimate of drug-likeness (QED) is 0.895. The van der Waals surface area contributed by atoms with Gasteiger partial charge in [0, 0.05) is 36.7 Å². The second-order valence-electron chi connectivity index (χ2n) is 6.63. The first-order valence-electron chi connectivity index (χ1n) is 7.76. The van der Waals surface area contributed by atoms with E-state index in [2.05, 4.69) is 15.6 Å². The fourth-order valence-electron chi connectivity index (χ4n) is 3.24. The maximum absolute atomic E-state index is 12.3. The number of amides is 3. The molecule has 6 heteroatoms. The SMILES string of the molecule is CC(C)NC(=O)N1CC[C@]2(C[C@@H]2C(=O)Nc2cccnc2)C1. The molecule has 3 amide bonds. The van der Waals surface area contributed by atoms with Crippen LogP contribution < -0.4 is 10.6 Å². The molecule has 0 bridgehead atoms. The van der Waals surface area contributed by atoms with Crippen LogP contribution >= 0.6 is 0 Å². The van der Waals surface area contributed by atoms with Gasteiger partial charge in [0.15, 0.2) is 0 Å². The molecule has 1 aromatic heterocycles. The Balaban J connectivity index is 1.55. The molecule has 1 spiro atoms. The zero-order chi connectivity index (χ0) is 15.7. The molecule has 0 radical (unpaired) electrons. The van der Waals surface area contributed by atoms with Gasteiger partial charge in [0.1, 0.15) is 0 Å². The molecule has 1 aliphatic heterocycles. The van der Waals surface area contributed by atoms with E-state index in [9.17, 15) is 9.59 Å². The molecule has 1 saturated carbocycles. The zero-order valence-electron chi connectivity index (χ0n) is 13.0. The lowest BCUT2D eigenvalue weighted by atomic mass is 10.0. The molecule has 22 heavy (non-hydrogen) atoms. The Morgan fingerprint density at radius 2 is 2.27 bits per heavy atom. The van der Waals surface area contributed by atoms with Crippen molar-refractivity contribution in [3.05, 3.63) is 24.5 Å². The predicted molar refractivity (Wildman–Crippen MR) is 83.3 cm³/mol. The number of urea groups is 1. The monoisotopic (exact) mass is 302 g/mol. The van der Waals surface area contributed by atoms with Gasteiger partial charge >= 0.3 is 6.03 Å². The highest BCUT2D eigenvalue weighted by Gasteiger charge is 2.61. The average Bonchev–Trinajstić information content (AvgIpc) is 3.00. The number of nitrogens with zero attached hydrogens (tertiary/aromatic N) is 2. The number of carbonyl (C=O) groups excluding carboxylic acids is 2. The number of likely N-dealkylation sites (tertiary alicyclic amines) is 1. The number of pyridine rings is 1. The fraction of sp³-hybridized carbons (Fsp3) is 0.562. The maximum Gasteiger partial charge on any atom is 0.317 e. The topological polar surface area (TPSA) is 74.3 Å². The van der Waals surface area contributed by atoms with Crippen LogP contribution in [0.15, 0.2) is 24.5 Å². The maximum atomic E-state index is 12.3. The number of carbonyl (C=O) groups is 2. The molecule has 6 nitrogen and oxygen atoms in total. The number of hydrogen-bond donors (Lipinski definition) is 2. The molecule has 0 unspecified atom stereocenters. The van der Waals surface area contributed by atoms with Gasteiger partial charge in [-0.2, -0.15) is 0 Å². The highest BCUT2D eigenvalue weighted by atomic mass is 16.2. The molecule has 118 valence electrons. The smallest absolute Gasteiger partial charge is 0.317 e. The molecule has 3 rings (SSSR count). The van der Waals surface area contributed by atoms with Crippen molar-refractivity contribution >= 4 is 17.6 Å². The largest absolute Gasteiger partial charge is 0.336 e. The summed E-state index contributed by atoms with van der Waals surface area (Å²) in [6.45, 7) is 5.31. The van der Waals surface area contributed by atoms with E-state index in [-0.39, 0.29) is 29.3 Å². The summed E-state index contributed by atoms with van der Waals surface area (Å²) in [6.07, 6.45) is 5.09. The van der Waals surface area contributed by atoms with Gasteiger partial charge in [-0.15, -0.1) is 0 Å². The van der Waals surface area contributed by atoms with Crippen molar-refractivity contribution in [2.24, 2.45) is 11.3 Å². The number of anilines is 1. The minimum absolute atomic E-state index is 0.00422. The van der Waals surface area contributed by atoms with E-state index >= 15 is 0 Å². The summed E-state index contributed by atoms with van der Waals surface area (Å²) >= 11 is 0. The van der Waals surface area contributed by atoms with Gasteiger partial charge in [0.05, 0.1) is 11.9 Å². The molecule has 0 aromatic carbocycles. The summed E-state index contributed by atoms with van der Waals surface area (Å²) in [6, 6.07) is 3.74. The second kappa shape index (κ2) is 5.59. The third-order valence-corrected chi connectivity index (χ3v) is 4.52. The van der Waals surface area contributed by atoms with Crippen LogP contribution in [0.4, 0.5) is 10.5 Å². The van der Waals surface area contributed by atoms with E-state index < -0.39 is 0 Å². The minimum atomic E-state index is -0.0230. The Labute approximate surface area is 130 Å². The molecule has 2 N–H and O–H groups in total. The summed E-state index contributed by atoms with van der Waals surface area (Å²) in [5, 5.41) is 5.82. The molecule has 2 atom stereocenters. The molecule has 2 fully saturated rings. The van der Waals surface area contributed by atoms with Crippen molar-refractivity contribution < 1.29 is 9.59 Å². The van der Waals surface area contributed by atoms with E-state index in [1.165, 1.54) is 0 Å². The van der Waals surface area contributed by atoms with E-state index in [0.717, 1.165) is 25.1 Å². The molecule has 2 aliphatic rings. The first-order valence-corrected chi connectivity index (χ1v) is 7.76. The normalized spacial score (nSPS) is 26.3. The molecule has 1 saturated heterocycles. The van der Waals surface area contributed by atoms with Gasteiger partial charge in [-0.3, -0.25) is 9.78 Å². The Morgan fingerprint density at radius 3 is 2.95 bits per heavy atom. The predicted octanol–water partition coefficient (Wildman–Crippen LogP) is 1.85. The van der Waals surface area contributed by atoms with Gasteiger partial charge in [-0.05, 0) is 38.8 Å². The van der Waals surface area contributed by atoms with E-state index in [1.807, 2.05) is 24.8 Å². The summed E-state index contributed by atoms with van der Waals surface area (Å²) < 4.78 is 0. The third kappa shape index (κ3) is 2.91. The Morgan fingerprint density at radius 1 is 1.45 bits per heavy atom. The highest BCUT2D eigenvalue weighted by Crippen LogP contribution is 2.58. The lowest BCUT2D eigenvalue weighted by Gasteiger charge is -2.19. The molecule has 2 heterocycles. The third-order valence-electron chi connectivity index (χ3n) is 4.52. The van der Waals surface area contributed by atoms with Gasteiger partial charge in [-0.1, -0.05) is 0 Å². The fourth-order valence-corrected chi connectivity index (χ4v) is 3.24. The average molecular weight is 302 g/mol. The summed E-state index contributed by atoms with van der Waals surface area (Å²) in [5.41, 5.74) is 0.711. The first kappa shape index (κ1) is 14.8. The lowest BCUT2D eigenvalue weighted by Crippen LogP contribution is -2.42. The van der Waals surface area contributed by atoms with Crippen LogP contribution in [0, 0.1) is 11.3 Å². The lowest BCUT2D eigenvalue weighted by molar-refractivity contribution is -0.118. The van der Waals surface area contributed by atoms with Crippen LogP contribution in [-0.2, 0) is 4.79 Å². The van der Waals surface area contributed by atoms with Gasteiger partial charge in [0.2, 0.25) is 5.91 Å². The summed E-state index contributed by atoms with van der Waals surface area (Å²) in [4.78, 5) is 30.2. The number of aromatic nitrogens is 1. The number of hydrogen-bond acceptors (Lipinski definition) is 3. The molecule has 1 aromatic rings. The van der Waals surface area contributed by atoms with E-state index in [4.69, 9.17) is 0 Å². The van der Waals surface area contributed by atoms with Crippen LogP contribution in [0.25, 0.3) is 0 Å². The second-order valence-corrected chi connectivity index (χ2v) is 6.63. The first-order chi connectivity index (χ1) is 10.5. The Bertz CT molecular complexity index is 575. The van der Waals surface area contributed by atoms with Crippen molar-refractivity contribution in [1.29, 1.82) is 0 Å². The molecular weight excluding hydrogens is 280 g/mol. The van der Waals surface area contributed by atoms with Crippen molar-refractivity contribution in [1.82, 2.24) is 15.2 Å². The summed E-state index contributed by atoms with van der Waals surface area (Å²) in [5.74, 6) is 0.0451. The Hall–Kier alpha value is -2.11. The number of nitrogens with one attached hydrogen (secondary N) is 2.